The fraction of sp³-hybridized carbons (Fsp3) is 0.222. The normalized spacial score (nSPS) is 9.96. The number of ether oxygens (including phenoxy) is 3. The predicted molar refractivity (Wildman–Crippen MR) is 101 cm³/mol. The van der Waals surface area contributed by atoms with Crippen molar-refractivity contribution in [3.05, 3.63) is 52.1 Å². The molecule has 2 N–H and O–H groups in total. The first-order valence-electron chi connectivity index (χ1n) is 8.04. The molecule has 0 aliphatic heterocycles. The molecule has 2 rings (SSSR count). The zero-order valence-corrected chi connectivity index (χ0v) is 15.5. The summed E-state index contributed by atoms with van der Waals surface area (Å²) in [4.78, 5) is 34.6. The van der Waals surface area contributed by atoms with Gasteiger partial charge in [0.2, 0.25) is 0 Å². The van der Waals surface area contributed by atoms with Crippen LogP contribution in [0.25, 0.3) is 0 Å². The van der Waals surface area contributed by atoms with Crippen LogP contribution in [-0.4, -0.2) is 44.7 Å². The van der Waals surface area contributed by atoms with Gasteiger partial charge in [0, 0.05) is 19.2 Å². The molecule has 2 aromatic rings. The highest BCUT2D eigenvalue weighted by atomic mass is 16.6. The molecule has 0 heterocycles. The second kappa shape index (κ2) is 9.21. The van der Waals surface area contributed by atoms with Crippen molar-refractivity contribution in [2.45, 2.75) is 0 Å². The number of nitrogens with zero attached hydrogens (tertiary/aromatic N) is 1. The van der Waals surface area contributed by atoms with E-state index in [4.69, 9.17) is 14.2 Å². The fourth-order valence-electron chi connectivity index (χ4n) is 2.33. The Morgan fingerprint density at radius 1 is 1.07 bits per heavy atom. The standard InChI is InChI=1S/C18H19N3O7/c1-19-13-6-4-11(8-15(13)21(24)25)18(23)28-10-17(22)20-14-9-12(26-2)5-7-16(14)27-3/h4-9,19H,10H2,1-3H3,(H,20,22). The number of nitrogens with one attached hydrogen (secondary N) is 2. The van der Waals surface area contributed by atoms with E-state index < -0.39 is 23.4 Å². The lowest BCUT2D eigenvalue weighted by Gasteiger charge is -2.12. The van der Waals surface area contributed by atoms with E-state index in [0.29, 0.717) is 17.2 Å². The number of anilines is 2. The molecule has 0 radical (unpaired) electrons. The van der Waals surface area contributed by atoms with E-state index in [1.165, 1.54) is 33.4 Å². The molecule has 0 spiro atoms. The molecular weight excluding hydrogens is 370 g/mol. The molecule has 0 bridgehead atoms. The molecule has 0 saturated heterocycles. The molecule has 10 heteroatoms. The summed E-state index contributed by atoms with van der Waals surface area (Å²) >= 11 is 0. The summed E-state index contributed by atoms with van der Waals surface area (Å²) in [5.74, 6) is -0.566. The number of rotatable bonds is 8. The molecule has 10 nitrogen and oxygen atoms in total. The average Bonchev–Trinajstić information content (AvgIpc) is 2.71. The molecule has 1 amide bonds. The van der Waals surface area contributed by atoms with Crippen molar-refractivity contribution in [1.29, 1.82) is 0 Å². The van der Waals surface area contributed by atoms with Crippen molar-refractivity contribution in [3.63, 3.8) is 0 Å². The van der Waals surface area contributed by atoms with Gasteiger partial charge in [-0.3, -0.25) is 14.9 Å². The Morgan fingerprint density at radius 2 is 1.82 bits per heavy atom. The van der Waals surface area contributed by atoms with E-state index in [0.717, 1.165) is 6.07 Å². The van der Waals surface area contributed by atoms with Crippen LogP contribution >= 0.6 is 0 Å². The number of amides is 1. The average molecular weight is 389 g/mol. The van der Waals surface area contributed by atoms with Crippen LogP contribution in [0.15, 0.2) is 36.4 Å². The van der Waals surface area contributed by atoms with E-state index in [-0.39, 0.29) is 16.9 Å². The lowest BCUT2D eigenvalue weighted by Crippen LogP contribution is -2.21. The summed E-state index contributed by atoms with van der Waals surface area (Å²) in [6.45, 7) is -0.583. The lowest BCUT2D eigenvalue weighted by molar-refractivity contribution is -0.384. The van der Waals surface area contributed by atoms with Gasteiger partial charge in [0.1, 0.15) is 17.2 Å². The summed E-state index contributed by atoms with van der Waals surface area (Å²) in [5, 5.41) is 16.3. The minimum Gasteiger partial charge on any atom is -0.497 e. The molecule has 0 fully saturated rings. The number of esters is 1. The number of nitro groups is 1. The van der Waals surface area contributed by atoms with Crippen molar-refractivity contribution in [3.8, 4) is 11.5 Å². The quantitative estimate of drug-likeness (QED) is 0.400. The van der Waals surface area contributed by atoms with Gasteiger partial charge in [0.15, 0.2) is 6.61 Å². The lowest BCUT2D eigenvalue weighted by atomic mass is 10.1. The number of hydrogen-bond donors (Lipinski definition) is 2. The Kier molecular flexibility index (Phi) is 6.74. The smallest absolute Gasteiger partial charge is 0.338 e. The SMILES string of the molecule is CNc1ccc(C(=O)OCC(=O)Nc2cc(OC)ccc2OC)cc1[N+](=O)[O-]. The molecule has 148 valence electrons. The van der Waals surface area contributed by atoms with Crippen LogP contribution in [0.1, 0.15) is 10.4 Å². The van der Waals surface area contributed by atoms with Gasteiger partial charge in [-0.2, -0.15) is 0 Å². The van der Waals surface area contributed by atoms with Gasteiger partial charge < -0.3 is 24.8 Å². The maximum Gasteiger partial charge on any atom is 0.338 e. The van der Waals surface area contributed by atoms with Gasteiger partial charge in [-0.15, -0.1) is 0 Å². The van der Waals surface area contributed by atoms with Crippen LogP contribution in [0.4, 0.5) is 17.1 Å². The molecule has 0 aliphatic rings. The van der Waals surface area contributed by atoms with Gasteiger partial charge in [-0.25, -0.2) is 4.79 Å². The number of benzene rings is 2. The predicted octanol–water partition coefficient (Wildman–Crippen LogP) is 2.45. The largest absolute Gasteiger partial charge is 0.497 e. The Morgan fingerprint density at radius 3 is 2.43 bits per heavy atom. The summed E-state index contributed by atoms with van der Waals surface area (Å²) in [6, 6.07) is 8.66. The molecular formula is C18H19N3O7. The van der Waals surface area contributed by atoms with E-state index in [2.05, 4.69) is 10.6 Å². The van der Waals surface area contributed by atoms with Gasteiger partial charge >= 0.3 is 5.97 Å². The van der Waals surface area contributed by atoms with Crippen molar-refractivity contribution in [1.82, 2.24) is 0 Å². The maximum atomic E-state index is 12.1. The zero-order chi connectivity index (χ0) is 20.7. The third-order valence-electron chi connectivity index (χ3n) is 3.71. The fourth-order valence-corrected chi connectivity index (χ4v) is 2.33. The van der Waals surface area contributed by atoms with Crippen LogP contribution < -0.4 is 20.1 Å². The minimum absolute atomic E-state index is 0.0440. The van der Waals surface area contributed by atoms with E-state index in [1.54, 1.807) is 18.2 Å². The highest BCUT2D eigenvalue weighted by Crippen LogP contribution is 2.29. The number of hydrogen-bond acceptors (Lipinski definition) is 8. The molecule has 0 unspecified atom stereocenters. The van der Waals surface area contributed by atoms with Crippen LogP contribution in [0.3, 0.4) is 0 Å². The number of carbonyl (C=O) groups excluding carboxylic acids is 2. The van der Waals surface area contributed by atoms with E-state index in [1.807, 2.05) is 0 Å². The van der Waals surface area contributed by atoms with Crippen LogP contribution in [0.2, 0.25) is 0 Å². The van der Waals surface area contributed by atoms with Crippen LogP contribution in [0, 0.1) is 10.1 Å². The molecule has 0 atom stereocenters. The Balaban J connectivity index is 2.04. The minimum atomic E-state index is -0.862. The molecule has 28 heavy (non-hydrogen) atoms. The summed E-state index contributed by atoms with van der Waals surface area (Å²) < 4.78 is 15.2. The van der Waals surface area contributed by atoms with Crippen molar-refractivity contribution in [2.24, 2.45) is 0 Å². The third-order valence-corrected chi connectivity index (χ3v) is 3.71. The molecule has 0 aromatic heterocycles. The van der Waals surface area contributed by atoms with Gasteiger partial charge in [0.25, 0.3) is 11.6 Å². The van der Waals surface area contributed by atoms with Gasteiger partial charge in [-0.1, -0.05) is 0 Å². The van der Waals surface area contributed by atoms with Gasteiger partial charge in [-0.05, 0) is 24.3 Å². The summed E-state index contributed by atoms with van der Waals surface area (Å²) in [6.07, 6.45) is 0. The number of methoxy groups -OCH3 is 2. The molecule has 0 saturated carbocycles. The van der Waals surface area contributed by atoms with Gasteiger partial charge in [0.05, 0.1) is 30.4 Å². The Labute approximate surface area is 160 Å². The third kappa shape index (κ3) is 4.87. The van der Waals surface area contributed by atoms with E-state index >= 15 is 0 Å². The van der Waals surface area contributed by atoms with E-state index in [9.17, 15) is 19.7 Å². The second-order valence-corrected chi connectivity index (χ2v) is 5.43. The Hall–Kier alpha value is -3.82. The van der Waals surface area contributed by atoms with Crippen molar-refractivity contribution >= 4 is 28.9 Å². The second-order valence-electron chi connectivity index (χ2n) is 5.43. The first-order chi connectivity index (χ1) is 13.4. The van der Waals surface area contributed by atoms with Crippen molar-refractivity contribution < 1.29 is 28.7 Å². The number of carbonyl (C=O) groups is 2. The van der Waals surface area contributed by atoms with Crippen molar-refractivity contribution in [2.75, 3.05) is 38.5 Å². The summed E-state index contributed by atoms with van der Waals surface area (Å²) in [7, 11) is 4.45. The highest BCUT2D eigenvalue weighted by molar-refractivity contribution is 5.97. The first-order valence-corrected chi connectivity index (χ1v) is 8.04. The number of nitro benzene ring substituents is 1. The molecule has 0 aliphatic carbocycles. The highest BCUT2D eigenvalue weighted by Gasteiger charge is 2.18. The molecule has 2 aromatic carbocycles. The van der Waals surface area contributed by atoms with Crippen LogP contribution in [-0.2, 0) is 9.53 Å². The monoisotopic (exact) mass is 389 g/mol. The van der Waals surface area contributed by atoms with Crippen LogP contribution in [0.5, 0.6) is 11.5 Å². The topological polar surface area (TPSA) is 129 Å². The summed E-state index contributed by atoms with van der Waals surface area (Å²) in [5.41, 5.74) is 0.279. The maximum absolute atomic E-state index is 12.1. The zero-order valence-electron chi connectivity index (χ0n) is 15.5. The first kappa shape index (κ1) is 20.5. The Bertz CT molecular complexity index is 899.